The molecule has 6 heteroatoms. The molecule has 5 rings (SSSR count). The summed E-state index contributed by atoms with van der Waals surface area (Å²) in [6.45, 7) is 12.1. The van der Waals surface area contributed by atoms with Crippen LogP contribution in [0, 0.1) is 0 Å². The third-order valence-corrected chi connectivity index (χ3v) is 7.34. The summed E-state index contributed by atoms with van der Waals surface area (Å²) in [6.07, 6.45) is -0.00255. The summed E-state index contributed by atoms with van der Waals surface area (Å²) in [5.74, 6) is -1.55. The number of benzene rings is 3. The lowest BCUT2D eigenvalue weighted by atomic mass is 9.78. The second kappa shape index (κ2) is 9.70. The van der Waals surface area contributed by atoms with E-state index < -0.39 is 11.9 Å². The molecule has 6 nitrogen and oxygen atoms in total. The first-order valence-corrected chi connectivity index (χ1v) is 13.4. The number of esters is 1. The first-order valence-electron chi connectivity index (χ1n) is 13.4. The fourth-order valence-corrected chi connectivity index (χ4v) is 5.25. The molecule has 0 radical (unpaired) electrons. The smallest absolute Gasteiger partial charge is 0.315 e. The monoisotopic (exact) mass is 535 g/mol. The molecule has 0 saturated carbocycles. The second-order valence-electron chi connectivity index (χ2n) is 12.5. The molecule has 0 fully saturated rings. The van der Waals surface area contributed by atoms with Gasteiger partial charge in [0.1, 0.15) is 17.2 Å². The van der Waals surface area contributed by atoms with E-state index in [1.807, 2.05) is 59.7 Å². The van der Waals surface area contributed by atoms with Crippen LogP contribution in [0.25, 0.3) is 10.9 Å². The Hall–Kier alpha value is -4.32. The van der Waals surface area contributed by atoms with Crippen LogP contribution in [0.5, 0.6) is 11.5 Å². The van der Waals surface area contributed by atoms with Crippen molar-refractivity contribution in [3.05, 3.63) is 100 Å². The highest BCUT2D eigenvalue weighted by atomic mass is 16.5. The Morgan fingerprint density at radius 1 is 0.825 bits per heavy atom. The van der Waals surface area contributed by atoms with Gasteiger partial charge in [-0.25, -0.2) is 4.98 Å². The van der Waals surface area contributed by atoms with Crippen molar-refractivity contribution in [2.75, 3.05) is 0 Å². The van der Waals surface area contributed by atoms with Gasteiger partial charge in [0.05, 0.1) is 12.1 Å². The van der Waals surface area contributed by atoms with Crippen LogP contribution < -0.4 is 4.74 Å². The Morgan fingerprint density at radius 3 is 1.95 bits per heavy atom. The molecule has 204 valence electrons. The van der Waals surface area contributed by atoms with Crippen molar-refractivity contribution in [3.63, 3.8) is 0 Å². The number of ether oxygens (including phenoxy) is 1. The van der Waals surface area contributed by atoms with Gasteiger partial charge in [-0.1, -0.05) is 96.1 Å². The Labute approximate surface area is 234 Å². The molecule has 1 aromatic heterocycles. The van der Waals surface area contributed by atoms with E-state index in [4.69, 9.17) is 4.74 Å². The van der Waals surface area contributed by atoms with E-state index in [1.165, 1.54) is 0 Å². The van der Waals surface area contributed by atoms with Crippen LogP contribution in [-0.2, 0) is 22.0 Å². The third kappa shape index (κ3) is 4.90. The molecule has 0 atom stereocenters. The van der Waals surface area contributed by atoms with Crippen LogP contribution >= 0.6 is 0 Å². The van der Waals surface area contributed by atoms with Crippen molar-refractivity contribution >= 4 is 28.4 Å². The highest BCUT2D eigenvalue weighted by Gasteiger charge is 2.40. The Morgan fingerprint density at radius 2 is 1.40 bits per heavy atom. The summed E-state index contributed by atoms with van der Waals surface area (Å²) >= 11 is 0. The third-order valence-electron chi connectivity index (χ3n) is 7.34. The van der Waals surface area contributed by atoms with E-state index in [0.717, 1.165) is 22.1 Å². The highest BCUT2D eigenvalue weighted by Crippen LogP contribution is 2.40. The number of hydrogen-bond donors (Lipinski definition) is 1. The fraction of sp³-hybridized carbons (Fsp3) is 0.294. The van der Waals surface area contributed by atoms with Crippen molar-refractivity contribution in [2.24, 2.45) is 0 Å². The first kappa shape index (κ1) is 27.3. The number of rotatable bonds is 4. The number of para-hydroxylation sites is 1. The van der Waals surface area contributed by atoms with Gasteiger partial charge < -0.3 is 9.84 Å². The molecule has 4 aromatic rings. The maximum Gasteiger partial charge on any atom is 0.315 e. The molecule has 1 N–H and O–H groups in total. The summed E-state index contributed by atoms with van der Waals surface area (Å²) in [6, 6.07) is 19.2. The van der Waals surface area contributed by atoms with E-state index in [-0.39, 0.29) is 40.3 Å². The van der Waals surface area contributed by atoms with Gasteiger partial charge in [0, 0.05) is 16.5 Å². The molecule has 3 aromatic carbocycles. The number of phenols is 1. The number of Topliss-reactive ketones (excluding diaryl/α,β-unsaturated/α-hetero) is 2. The molecule has 0 aliphatic heterocycles. The molecule has 40 heavy (non-hydrogen) atoms. The SMILES string of the molecule is CC(C)(C)c1cc(CC(=O)Oc2cccc3ccc(C4C(=O)c5ccccc5C4=O)nc23)cc(C(C)(C)C)c1O. The lowest BCUT2D eigenvalue weighted by Crippen LogP contribution is -2.19. The summed E-state index contributed by atoms with van der Waals surface area (Å²) in [7, 11) is 0. The molecule has 0 spiro atoms. The summed E-state index contributed by atoms with van der Waals surface area (Å²) in [5.41, 5.74) is 3.16. The quantitative estimate of drug-likeness (QED) is 0.175. The molecule has 0 amide bonds. The lowest BCUT2D eigenvalue weighted by Gasteiger charge is -2.28. The molecule has 1 aliphatic carbocycles. The normalized spacial score (nSPS) is 14.1. The molecule has 0 saturated heterocycles. The fourth-order valence-electron chi connectivity index (χ4n) is 5.25. The molecule has 1 aliphatic rings. The zero-order valence-electron chi connectivity index (χ0n) is 23.7. The number of hydrogen-bond acceptors (Lipinski definition) is 6. The minimum absolute atomic E-state index is 0.00255. The van der Waals surface area contributed by atoms with Gasteiger partial charge in [-0.3, -0.25) is 14.4 Å². The number of fused-ring (bicyclic) bond motifs is 2. The Bertz CT molecular complexity index is 1620. The van der Waals surface area contributed by atoms with Gasteiger partial charge in [0.15, 0.2) is 17.3 Å². The van der Waals surface area contributed by atoms with Crippen molar-refractivity contribution in [3.8, 4) is 11.5 Å². The van der Waals surface area contributed by atoms with Crippen LogP contribution in [0.3, 0.4) is 0 Å². The topological polar surface area (TPSA) is 93.6 Å². The minimum Gasteiger partial charge on any atom is -0.507 e. The van der Waals surface area contributed by atoms with Crippen LogP contribution in [0.4, 0.5) is 0 Å². The average molecular weight is 536 g/mol. The largest absolute Gasteiger partial charge is 0.507 e. The van der Waals surface area contributed by atoms with E-state index in [9.17, 15) is 19.5 Å². The number of aromatic nitrogens is 1. The van der Waals surface area contributed by atoms with E-state index in [0.29, 0.717) is 22.3 Å². The van der Waals surface area contributed by atoms with Crippen LogP contribution in [0.15, 0.2) is 66.7 Å². The van der Waals surface area contributed by atoms with Gasteiger partial charge >= 0.3 is 5.97 Å². The predicted octanol–water partition coefficient (Wildman–Crippen LogP) is 6.85. The summed E-state index contributed by atoms with van der Waals surface area (Å²) < 4.78 is 5.81. The van der Waals surface area contributed by atoms with E-state index >= 15 is 0 Å². The van der Waals surface area contributed by atoms with Gasteiger partial charge in [-0.2, -0.15) is 0 Å². The second-order valence-corrected chi connectivity index (χ2v) is 12.5. The van der Waals surface area contributed by atoms with Gasteiger partial charge in [0.2, 0.25) is 0 Å². The summed E-state index contributed by atoms with van der Waals surface area (Å²) in [4.78, 5) is 44.0. The summed E-state index contributed by atoms with van der Waals surface area (Å²) in [5, 5.41) is 11.7. The number of pyridine rings is 1. The highest BCUT2D eigenvalue weighted by molar-refractivity contribution is 6.29. The van der Waals surface area contributed by atoms with Crippen molar-refractivity contribution in [1.29, 1.82) is 0 Å². The number of phenolic OH excluding ortho intramolecular Hbond substituents is 1. The lowest BCUT2D eigenvalue weighted by molar-refractivity contribution is -0.133. The Kier molecular flexibility index (Phi) is 6.61. The van der Waals surface area contributed by atoms with Crippen LogP contribution in [-0.4, -0.2) is 27.6 Å². The molecular weight excluding hydrogens is 502 g/mol. The number of nitrogens with zero attached hydrogens (tertiary/aromatic N) is 1. The van der Waals surface area contributed by atoms with Crippen molar-refractivity contribution in [2.45, 2.75) is 64.7 Å². The van der Waals surface area contributed by atoms with Crippen molar-refractivity contribution in [1.82, 2.24) is 4.98 Å². The number of carbonyl (C=O) groups excluding carboxylic acids is 3. The molecule has 1 heterocycles. The maximum absolute atomic E-state index is 13.2. The van der Waals surface area contributed by atoms with Gasteiger partial charge in [-0.05, 0) is 39.7 Å². The van der Waals surface area contributed by atoms with Gasteiger partial charge in [0.25, 0.3) is 0 Å². The Balaban J connectivity index is 1.46. The van der Waals surface area contributed by atoms with Gasteiger partial charge in [-0.15, -0.1) is 0 Å². The number of aromatic hydroxyl groups is 1. The predicted molar refractivity (Wildman–Crippen MR) is 154 cm³/mol. The van der Waals surface area contributed by atoms with E-state index in [1.54, 1.807) is 48.5 Å². The number of carbonyl (C=O) groups is 3. The standard InChI is InChI=1S/C34H33NO5/c1-33(2,3)23-16-19(17-24(32(23)39)34(4,5)6)18-27(36)40-26-13-9-10-20-14-15-25(35-29(20)26)28-30(37)21-11-7-8-12-22(21)31(28)38/h7-17,28,39H,18H2,1-6H3. The molecule has 0 unspecified atom stereocenters. The van der Waals surface area contributed by atoms with Crippen LogP contribution in [0.1, 0.15) is 90.6 Å². The van der Waals surface area contributed by atoms with Crippen molar-refractivity contribution < 1.29 is 24.2 Å². The average Bonchev–Trinajstić information content (AvgIpc) is 3.13. The minimum atomic E-state index is -1.02. The molecular formula is C34H33NO5. The van der Waals surface area contributed by atoms with Crippen LogP contribution in [0.2, 0.25) is 0 Å². The zero-order valence-corrected chi connectivity index (χ0v) is 23.7. The molecule has 0 bridgehead atoms. The van der Waals surface area contributed by atoms with E-state index in [2.05, 4.69) is 4.98 Å². The first-order chi connectivity index (χ1) is 18.8. The maximum atomic E-state index is 13.2. The zero-order chi connectivity index (χ0) is 29.0. The number of ketones is 2.